The molecular weight excluding hydrogens is 456 g/mol. The molecule has 0 saturated heterocycles. The molecule has 6 nitrogen and oxygen atoms in total. The lowest BCUT2D eigenvalue weighted by atomic mass is 10.1. The molecule has 0 amide bonds. The fourth-order valence-electron chi connectivity index (χ4n) is 3.04. The second-order valence-electron chi connectivity index (χ2n) is 7.26. The third-order valence-electron chi connectivity index (χ3n) is 4.60. The molecule has 2 rings (SSSR count). The van der Waals surface area contributed by atoms with Gasteiger partial charge >= 0.3 is 5.97 Å². The van der Waals surface area contributed by atoms with Crippen molar-refractivity contribution in [1.29, 1.82) is 0 Å². The minimum Gasteiger partial charge on any atom is -0.494 e. The van der Waals surface area contributed by atoms with Gasteiger partial charge in [-0.2, -0.15) is 0 Å². The molecule has 0 aliphatic heterocycles. The molecule has 0 spiro atoms. The van der Waals surface area contributed by atoms with E-state index in [0.717, 1.165) is 28.2 Å². The second-order valence-corrected chi connectivity index (χ2v) is 7.67. The van der Waals surface area contributed by atoms with Crippen molar-refractivity contribution < 1.29 is 28.8 Å². The molecule has 0 aromatic heterocycles. The van der Waals surface area contributed by atoms with E-state index in [1.807, 2.05) is 45.0 Å². The van der Waals surface area contributed by atoms with E-state index >= 15 is 0 Å². The van der Waals surface area contributed by atoms with E-state index in [1.54, 1.807) is 25.1 Å². The van der Waals surface area contributed by atoms with E-state index in [9.17, 15) is 9.90 Å². The maximum absolute atomic E-state index is 11.3. The first kappa shape index (κ1) is 27.1. The van der Waals surface area contributed by atoms with Crippen molar-refractivity contribution in [3.05, 3.63) is 64.2 Å². The van der Waals surface area contributed by atoms with Crippen LogP contribution in [0, 0.1) is 11.8 Å². The van der Waals surface area contributed by atoms with Gasteiger partial charge in [-0.1, -0.05) is 29.5 Å². The molecule has 1 atom stereocenters. The Balaban J connectivity index is 2.01. The average Bonchev–Trinajstić information content (AvgIpc) is 2.79. The molecule has 0 bridgehead atoms. The molecule has 2 aromatic rings. The number of hydrogen-bond donors (Lipinski definition) is 1. The van der Waals surface area contributed by atoms with Crippen molar-refractivity contribution in [3.8, 4) is 29.1 Å². The summed E-state index contributed by atoms with van der Waals surface area (Å²) in [7, 11) is 0. The van der Waals surface area contributed by atoms with Crippen molar-refractivity contribution in [1.82, 2.24) is 0 Å². The highest BCUT2D eigenvalue weighted by molar-refractivity contribution is 6.32. The van der Waals surface area contributed by atoms with Crippen molar-refractivity contribution >= 4 is 17.6 Å². The van der Waals surface area contributed by atoms with Gasteiger partial charge < -0.3 is 24.1 Å². The van der Waals surface area contributed by atoms with E-state index in [0.29, 0.717) is 37.2 Å². The van der Waals surface area contributed by atoms with Crippen LogP contribution in [0.25, 0.3) is 0 Å². The van der Waals surface area contributed by atoms with Crippen LogP contribution in [0.5, 0.6) is 17.2 Å². The summed E-state index contributed by atoms with van der Waals surface area (Å²) >= 11 is 6.32. The zero-order valence-corrected chi connectivity index (χ0v) is 20.8. The highest BCUT2D eigenvalue weighted by Crippen LogP contribution is 2.26. The van der Waals surface area contributed by atoms with Gasteiger partial charge in [0.25, 0.3) is 0 Å². The normalized spacial score (nSPS) is 11.9. The number of ether oxygens (including phenoxy) is 4. The van der Waals surface area contributed by atoms with Gasteiger partial charge in [-0.05, 0) is 69.2 Å². The molecule has 1 unspecified atom stereocenters. The van der Waals surface area contributed by atoms with Gasteiger partial charge in [-0.3, -0.25) is 0 Å². The van der Waals surface area contributed by atoms with E-state index in [2.05, 4.69) is 11.8 Å². The molecule has 182 valence electrons. The van der Waals surface area contributed by atoms with Gasteiger partial charge in [0, 0.05) is 24.7 Å². The molecule has 1 N–H and O–H groups in total. The highest BCUT2D eigenvalue weighted by atomic mass is 35.5. The first-order chi connectivity index (χ1) is 16.4. The summed E-state index contributed by atoms with van der Waals surface area (Å²) in [6, 6.07) is 10.8. The Kier molecular flexibility index (Phi) is 11.3. The van der Waals surface area contributed by atoms with Crippen LogP contribution in [0.15, 0.2) is 48.0 Å². The van der Waals surface area contributed by atoms with Crippen LogP contribution in [-0.4, -0.2) is 43.6 Å². The molecule has 2 aromatic carbocycles. The smallest absolute Gasteiger partial charge is 0.333 e. The first-order valence-corrected chi connectivity index (χ1v) is 11.6. The van der Waals surface area contributed by atoms with Crippen LogP contribution in [-0.2, 0) is 16.0 Å². The summed E-state index contributed by atoms with van der Waals surface area (Å²) in [6.45, 7) is 9.26. The quantitative estimate of drug-likeness (QED) is 0.397. The lowest BCUT2D eigenvalue weighted by molar-refractivity contribution is -0.149. The van der Waals surface area contributed by atoms with Crippen molar-refractivity contribution in [2.75, 3.05) is 26.4 Å². The third kappa shape index (κ3) is 9.01. The van der Waals surface area contributed by atoms with Crippen LogP contribution in [0.3, 0.4) is 0 Å². The lowest BCUT2D eigenvalue weighted by Gasteiger charge is -2.13. The number of carboxylic acids is 1. The Morgan fingerprint density at radius 2 is 1.71 bits per heavy atom. The summed E-state index contributed by atoms with van der Waals surface area (Å²) in [4.78, 5) is 11.3. The molecule has 0 aliphatic rings. The van der Waals surface area contributed by atoms with E-state index in [4.69, 9.17) is 30.5 Å². The largest absolute Gasteiger partial charge is 0.494 e. The van der Waals surface area contributed by atoms with Gasteiger partial charge in [0.05, 0.1) is 18.2 Å². The SMILES string of the molecule is CCOc1cc(C#CC(C)=CCOc2ccc(CC(OCC)C(=O)O)cc2Cl)cc(OCC)c1. The second kappa shape index (κ2) is 14.2. The monoisotopic (exact) mass is 486 g/mol. The van der Waals surface area contributed by atoms with Gasteiger partial charge in [0.1, 0.15) is 23.9 Å². The number of hydrogen-bond acceptors (Lipinski definition) is 5. The third-order valence-corrected chi connectivity index (χ3v) is 4.89. The number of carboxylic acid groups (broad SMARTS) is 1. The Bertz CT molecular complexity index is 1030. The van der Waals surface area contributed by atoms with Crippen LogP contribution in [0.1, 0.15) is 38.8 Å². The standard InChI is InChI=1S/C27H31ClO6/c1-5-31-22-14-20(15-23(18-22)32-6-2)9-8-19(4)12-13-34-25-11-10-21(16-24(25)28)17-26(27(29)30)33-7-3/h10-12,14-16,18,26H,5-7,13,17H2,1-4H3,(H,29,30). The molecule has 0 aliphatic carbocycles. The van der Waals surface area contributed by atoms with Crippen LogP contribution < -0.4 is 14.2 Å². The maximum atomic E-state index is 11.3. The minimum atomic E-state index is -1.00. The number of carbonyl (C=O) groups is 1. The number of benzene rings is 2. The van der Waals surface area contributed by atoms with E-state index in [1.165, 1.54) is 0 Å². The van der Waals surface area contributed by atoms with E-state index in [-0.39, 0.29) is 6.42 Å². The molecule has 0 saturated carbocycles. The summed E-state index contributed by atoms with van der Waals surface area (Å²) < 4.78 is 22.2. The molecular formula is C27H31ClO6. The minimum absolute atomic E-state index is 0.229. The number of rotatable bonds is 12. The summed E-state index contributed by atoms with van der Waals surface area (Å²) in [5.74, 6) is 7.18. The zero-order chi connectivity index (χ0) is 24.9. The predicted molar refractivity (Wildman–Crippen MR) is 133 cm³/mol. The first-order valence-electron chi connectivity index (χ1n) is 11.2. The summed E-state index contributed by atoms with van der Waals surface area (Å²) in [5, 5.41) is 9.65. The molecule has 0 fully saturated rings. The van der Waals surface area contributed by atoms with Crippen LogP contribution in [0.4, 0.5) is 0 Å². The lowest BCUT2D eigenvalue weighted by Crippen LogP contribution is -2.26. The van der Waals surface area contributed by atoms with E-state index < -0.39 is 12.1 Å². The van der Waals surface area contributed by atoms with Crippen molar-refractivity contribution in [2.24, 2.45) is 0 Å². The fourth-order valence-corrected chi connectivity index (χ4v) is 3.30. The highest BCUT2D eigenvalue weighted by Gasteiger charge is 2.18. The van der Waals surface area contributed by atoms with Gasteiger partial charge in [-0.15, -0.1) is 0 Å². The topological polar surface area (TPSA) is 74.2 Å². The van der Waals surface area contributed by atoms with Gasteiger partial charge in [0.2, 0.25) is 0 Å². The van der Waals surface area contributed by atoms with Crippen molar-refractivity contribution in [3.63, 3.8) is 0 Å². The Labute approximate surface area is 206 Å². The van der Waals surface area contributed by atoms with Crippen molar-refractivity contribution in [2.45, 2.75) is 40.2 Å². The zero-order valence-electron chi connectivity index (χ0n) is 20.0. The molecule has 34 heavy (non-hydrogen) atoms. The Morgan fingerprint density at radius 1 is 1.03 bits per heavy atom. The molecule has 7 heteroatoms. The van der Waals surface area contributed by atoms with Gasteiger partial charge in [-0.25, -0.2) is 4.79 Å². The number of allylic oxidation sites excluding steroid dienone is 1. The summed E-state index contributed by atoms with van der Waals surface area (Å²) in [5.41, 5.74) is 2.40. The average molecular weight is 487 g/mol. The van der Waals surface area contributed by atoms with Crippen LogP contribution >= 0.6 is 11.6 Å². The number of aliphatic carboxylic acids is 1. The molecule has 0 heterocycles. The molecule has 0 radical (unpaired) electrons. The van der Waals surface area contributed by atoms with Crippen LogP contribution in [0.2, 0.25) is 5.02 Å². The fraction of sp³-hybridized carbons (Fsp3) is 0.370. The Hall–Kier alpha value is -3.14. The summed E-state index contributed by atoms with van der Waals surface area (Å²) in [6.07, 6.45) is 1.19. The Morgan fingerprint density at radius 3 is 2.26 bits per heavy atom. The predicted octanol–water partition coefficient (Wildman–Crippen LogP) is 5.55. The number of halogens is 1. The van der Waals surface area contributed by atoms with Gasteiger partial charge in [0.15, 0.2) is 6.10 Å². The maximum Gasteiger partial charge on any atom is 0.333 e.